The summed E-state index contributed by atoms with van der Waals surface area (Å²) in [5.41, 5.74) is 1.72. The number of aromatic nitrogens is 2. The van der Waals surface area contributed by atoms with Crippen molar-refractivity contribution in [3.8, 4) is 11.6 Å². The Balaban J connectivity index is 2.27. The van der Waals surface area contributed by atoms with Gasteiger partial charge in [-0.05, 0) is 43.5 Å². The lowest BCUT2D eigenvalue weighted by Gasteiger charge is -2.10. The summed E-state index contributed by atoms with van der Waals surface area (Å²) < 4.78 is 10.6. The number of nitro groups is 1. The Morgan fingerprint density at radius 3 is 2.54 bits per heavy atom. The van der Waals surface area contributed by atoms with Crippen LogP contribution >= 0.6 is 0 Å². The Labute approximate surface area is 140 Å². The van der Waals surface area contributed by atoms with Crippen molar-refractivity contribution >= 4 is 11.5 Å². The van der Waals surface area contributed by atoms with Crippen molar-refractivity contribution in [2.75, 3.05) is 25.6 Å². The lowest BCUT2D eigenvalue weighted by molar-refractivity contribution is -0.385. The van der Waals surface area contributed by atoms with Gasteiger partial charge in [-0.3, -0.25) is 10.1 Å². The van der Waals surface area contributed by atoms with E-state index < -0.39 is 4.92 Å². The number of rotatable bonds is 8. The number of hydrogen-bond acceptors (Lipinski definition) is 7. The molecule has 0 aliphatic rings. The zero-order valence-electron chi connectivity index (χ0n) is 13.9. The first-order chi connectivity index (χ1) is 11.5. The van der Waals surface area contributed by atoms with Crippen LogP contribution in [0.2, 0.25) is 0 Å². The third-order valence-electron chi connectivity index (χ3n) is 3.20. The Bertz CT molecular complexity index is 701. The van der Waals surface area contributed by atoms with E-state index in [1.807, 2.05) is 19.9 Å². The molecule has 1 aromatic carbocycles. The Hall–Kier alpha value is -2.74. The first-order valence-electron chi connectivity index (χ1n) is 7.49. The first kappa shape index (κ1) is 17.6. The number of hydrogen-bond donors (Lipinski definition) is 1. The predicted octanol–water partition coefficient (Wildman–Crippen LogP) is 3.24. The molecule has 128 valence electrons. The van der Waals surface area contributed by atoms with Gasteiger partial charge < -0.3 is 14.8 Å². The normalized spacial score (nSPS) is 10.5. The quantitative estimate of drug-likeness (QED) is 0.450. The predicted molar refractivity (Wildman–Crippen MR) is 89.7 cm³/mol. The summed E-state index contributed by atoms with van der Waals surface area (Å²) in [5, 5.41) is 14.4. The van der Waals surface area contributed by atoms with E-state index in [0.29, 0.717) is 25.3 Å². The van der Waals surface area contributed by atoms with E-state index >= 15 is 0 Å². The summed E-state index contributed by atoms with van der Waals surface area (Å²) in [4.78, 5) is 18.8. The Morgan fingerprint density at radius 2 is 1.92 bits per heavy atom. The molecule has 2 aromatic rings. The number of benzene rings is 1. The average molecular weight is 332 g/mol. The summed E-state index contributed by atoms with van der Waals surface area (Å²) in [6.07, 6.45) is 1.94. The number of nitrogens with zero attached hydrogens (tertiary/aromatic N) is 3. The third kappa shape index (κ3) is 4.63. The lowest BCUT2D eigenvalue weighted by atomic mass is 10.1. The fourth-order valence-electron chi connectivity index (χ4n) is 2.26. The van der Waals surface area contributed by atoms with Gasteiger partial charge in [-0.25, -0.2) is 4.98 Å². The maximum atomic E-state index is 11.4. The standard InChI is InChI=1S/C16H20N4O4/c1-11-7-12(2)9-13(8-11)24-16-14(20(21)22)15(18-10-19-16)17-5-4-6-23-3/h7-10H,4-6H2,1-3H3,(H,17,18,19). The van der Waals surface area contributed by atoms with Crippen molar-refractivity contribution in [2.45, 2.75) is 20.3 Å². The van der Waals surface area contributed by atoms with E-state index in [1.165, 1.54) is 6.33 Å². The van der Waals surface area contributed by atoms with E-state index in [9.17, 15) is 10.1 Å². The highest BCUT2D eigenvalue weighted by atomic mass is 16.6. The van der Waals surface area contributed by atoms with Crippen molar-refractivity contribution in [2.24, 2.45) is 0 Å². The number of methoxy groups -OCH3 is 1. The van der Waals surface area contributed by atoms with Crippen molar-refractivity contribution in [1.82, 2.24) is 9.97 Å². The Morgan fingerprint density at radius 1 is 1.21 bits per heavy atom. The minimum Gasteiger partial charge on any atom is -0.434 e. The van der Waals surface area contributed by atoms with Crippen LogP contribution in [0.1, 0.15) is 17.5 Å². The zero-order chi connectivity index (χ0) is 17.5. The second-order valence-electron chi connectivity index (χ2n) is 5.33. The van der Waals surface area contributed by atoms with Crippen molar-refractivity contribution in [3.05, 3.63) is 45.8 Å². The molecule has 0 atom stereocenters. The third-order valence-corrected chi connectivity index (χ3v) is 3.20. The molecule has 0 saturated heterocycles. The molecule has 24 heavy (non-hydrogen) atoms. The summed E-state index contributed by atoms with van der Waals surface area (Å²) >= 11 is 0. The Kier molecular flexibility index (Phi) is 6.02. The SMILES string of the molecule is COCCCNc1ncnc(Oc2cc(C)cc(C)c2)c1[N+](=O)[O-]. The number of nitrogens with one attached hydrogen (secondary N) is 1. The van der Waals surface area contributed by atoms with Gasteiger partial charge in [-0.15, -0.1) is 0 Å². The zero-order valence-corrected chi connectivity index (χ0v) is 13.9. The molecule has 0 fully saturated rings. The summed E-state index contributed by atoms with van der Waals surface area (Å²) in [5.74, 6) is 0.541. The topological polar surface area (TPSA) is 99.4 Å². The van der Waals surface area contributed by atoms with Gasteiger partial charge in [0.25, 0.3) is 0 Å². The van der Waals surface area contributed by atoms with Gasteiger partial charge >= 0.3 is 11.6 Å². The first-order valence-corrected chi connectivity index (χ1v) is 7.49. The second-order valence-corrected chi connectivity index (χ2v) is 5.33. The minimum atomic E-state index is -0.545. The molecule has 0 aliphatic heterocycles. The fraction of sp³-hybridized carbons (Fsp3) is 0.375. The highest BCUT2D eigenvalue weighted by molar-refractivity contribution is 5.61. The lowest BCUT2D eigenvalue weighted by Crippen LogP contribution is -2.09. The largest absolute Gasteiger partial charge is 0.434 e. The molecule has 0 amide bonds. The van der Waals surface area contributed by atoms with Crippen molar-refractivity contribution < 1.29 is 14.4 Å². The highest BCUT2D eigenvalue weighted by Crippen LogP contribution is 2.34. The molecule has 0 aliphatic carbocycles. The van der Waals surface area contributed by atoms with Gasteiger partial charge in [0, 0.05) is 20.3 Å². The second kappa shape index (κ2) is 8.21. The van der Waals surface area contributed by atoms with E-state index in [4.69, 9.17) is 9.47 Å². The highest BCUT2D eigenvalue weighted by Gasteiger charge is 2.24. The maximum absolute atomic E-state index is 11.4. The van der Waals surface area contributed by atoms with Crippen LogP contribution in [0.3, 0.4) is 0 Å². The summed E-state index contributed by atoms with van der Waals surface area (Å²) in [6, 6.07) is 5.58. The molecule has 8 heteroatoms. The van der Waals surface area contributed by atoms with Crippen LogP contribution in [0.5, 0.6) is 11.6 Å². The van der Waals surface area contributed by atoms with Crippen LogP contribution < -0.4 is 10.1 Å². The molecular weight excluding hydrogens is 312 g/mol. The van der Waals surface area contributed by atoms with Gasteiger partial charge in [0.15, 0.2) is 0 Å². The minimum absolute atomic E-state index is 0.0887. The van der Waals surface area contributed by atoms with Gasteiger partial charge in [0.1, 0.15) is 12.1 Å². The fourth-order valence-corrected chi connectivity index (χ4v) is 2.26. The monoisotopic (exact) mass is 332 g/mol. The molecule has 2 rings (SSSR count). The van der Waals surface area contributed by atoms with Gasteiger partial charge in [0.2, 0.25) is 5.82 Å². The molecule has 1 heterocycles. The van der Waals surface area contributed by atoms with E-state index in [2.05, 4.69) is 15.3 Å². The summed E-state index contributed by atoms with van der Waals surface area (Å²) in [6.45, 7) is 4.90. The molecule has 0 saturated carbocycles. The van der Waals surface area contributed by atoms with Crippen LogP contribution in [0, 0.1) is 24.0 Å². The number of ether oxygens (including phenoxy) is 2. The van der Waals surface area contributed by atoms with E-state index in [-0.39, 0.29) is 17.4 Å². The van der Waals surface area contributed by atoms with Crippen molar-refractivity contribution in [3.63, 3.8) is 0 Å². The molecule has 0 unspecified atom stereocenters. The van der Waals surface area contributed by atoms with Crippen LogP contribution in [0.4, 0.5) is 11.5 Å². The molecule has 0 radical (unpaired) electrons. The average Bonchev–Trinajstić information content (AvgIpc) is 2.50. The maximum Gasteiger partial charge on any atom is 0.373 e. The number of aryl methyl sites for hydroxylation is 2. The molecule has 0 bridgehead atoms. The smallest absolute Gasteiger partial charge is 0.373 e. The molecule has 8 nitrogen and oxygen atoms in total. The van der Waals surface area contributed by atoms with Crippen molar-refractivity contribution in [1.29, 1.82) is 0 Å². The van der Waals surface area contributed by atoms with E-state index in [0.717, 1.165) is 11.1 Å². The number of anilines is 1. The summed E-state index contributed by atoms with van der Waals surface area (Å²) in [7, 11) is 1.60. The van der Waals surface area contributed by atoms with Gasteiger partial charge in [-0.2, -0.15) is 4.98 Å². The molecule has 0 spiro atoms. The van der Waals surface area contributed by atoms with Gasteiger partial charge in [0.05, 0.1) is 4.92 Å². The van der Waals surface area contributed by atoms with Crippen LogP contribution in [-0.4, -0.2) is 35.2 Å². The molecule has 1 aromatic heterocycles. The van der Waals surface area contributed by atoms with E-state index in [1.54, 1.807) is 19.2 Å². The molecule has 1 N–H and O–H groups in total. The van der Waals surface area contributed by atoms with Crippen LogP contribution in [-0.2, 0) is 4.74 Å². The van der Waals surface area contributed by atoms with Crippen LogP contribution in [0.15, 0.2) is 24.5 Å². The van der Waals surface area contributed by atoms with Crippen LogP contribution in [0.25, 0.3) is 0 Å². The van der Waals surface area contributed by atoms with Gasteiger partial charge in [-0.1, -0.05) is 6.07 Å². The molecular formula is C16H20N4O4.